The molecule has 1 aliphatic rings. The Labute approximate surface area is 133 Å². The third kappa shape index (κ3) is 3.50. The van der Waals surface area contributed by atoms with Crippen LogP contribution in [0, 0.1) is 0 Å². The van der Waals surface area contributed by atoms with E-state index in [0.717, 1.165) is 18.5 Å². The molecule has 3 rings (SSSR count). The molecule has 0 spiro atoms. The Morgan fingerprint density at radius 1 is 1.26 bits per heavy atom. The number of carbonyl (C=O) groups is 2. The van der Waals surface area contributed by atoms with Crippen LogP contribution in [0.5, 0.6) is 5.75 Å². The van der Waals surface area contributed by atoms with Gasteiger partial charge in [0.2, 0.25) is 5.91 Å². The quantitative estimate of drug-likeness (QED) is 0.790. The summed E-state index contributed by atoms with van der Waals surface area (Å²) in [6.07, 6.45) is 2.27. The minimum Gasteiger partial charge on any atom is -0.495 e. The lowest BCUT2D eigenvalue weighted by molar-refractivity contribution is -0.114. The van der Waals surface area contributed by atoms with Crippen molar-refractivity contribution in [3.8, 4) is 5.75 Å². The number of aromatic amines is 1. The molecule has 1 fully saturated rings. The molecule has 0 bridgehead atoms. The number of rotatable bonds is 5. The van der Waals surface area contributed by atoms with Crippen LogP contribution in [-0.4, -0.2) is 29.1 Å². The molecule has 2 aromatic rings. The molecule has 1 saturated carbocycles. The maximum absolute atomic E-state index is 12.3. The summed E-state index contributed by atoms with van der Waals surface area (Å²) in [5.41, 5.74) is 2.38. The average molecular weight is 314 g/mol. The van der Waals surface area contributed by atoms with Crippen molar-refractivity contribution in [2.75, 3.05) is 17.7 Å². The Morgan fingerprint density at radius 3 is 2.70 bits per heavy atom. The summed E-state index contributed by atoms with van der Waals surface area (Å²) in [6, 6.07) is 6.81. The van der Waals surface area contributed by atoms with E-state index in [1.54, 1.807) is 24.3 Å². The maximum atomic E-state index is 12.3. The first-order valence-electron chi connectivity index (χ1n) is 7.39. The predicted molar refractivity (Wildman–Crippen MR) is 85.8 cm³/mol. The summed E-state index contributed by atoms with van der Waals surface area (Å²) < 4.78 is 5.24. The van der Waals surface area contributed by atoms with Crippen molar-refractivity contribution in [2.24, 2.45) is 0 Å². The number of benzene rings is 1. The topological polar surface area (TPSA) is 96.1 Å². The Bertz CT molecular complexity index is 750. The van der Waals surface area contributed by atoms with Crippen LogP contribution in [0.4, 0.5) is 11.4 Å². The Kier molecular flexibility index (Phi) is 4.01. The standard InChI is InChI=1S/C16H18N4O3/c1-9(21)17-11-5-6-15(23-2)13(7-11)18-16(22)14-8-12(19-20-14)10-3-4-10/h5-8,10H,3-4H2,1-2H3,(H,17,21)(H,18,22)(H,19,20). The predicted octanol–water partition coefficient (Wildman–Crippen LogP) is 2.51. The number of anilines is 2. The van der Waals surface area contributed by atoms with Crippen molar-refractivity contribution in [1.29, 1.82) is 0 Å². The fourth-order valence-electron chi connectivity index (χ4n) is 2.33. The molecule has 7 heteroatoms. The number of ether oxygens (including phenoxy) is 1. The Morgan fingerprint density at radius 2 is 2.04 bits per heavy atom. The SMILES string of the molecule is COc1ccc(NC(C)=O)cc1NC(=O)c1cc(C2CC2)[nH]n1. The molecule has 1 aromatic carbocycles. The third-order valence-corrected chi connectivity index (χ3v) is 3.62. The van der Waals surface area contributed by atoms with Gasteiger partial charge in [0, 0.05) is 24.2 Å². The molecule has 23 heavy (non-hydrogen) atoms. The van der Waals surface area contributed by atoms with Gasteiger partial charge in [0.25, 0.3) is 5.91 Å². The minimum absolute atomic E-state index is 0.186. The van der Waals surface area contributed by atoms with Crippen LogP contribution in [-0.2, 0) is 4.79 Å². The zero-order valence-electron chi connectivity index (χ0n) is 13.0. The lowest BCUT2D eigenvalue weighted by Crippen LogP contribution is -2.14. The summed E-state index contributed by atoms with van der Waals surface area (Å²) in [5.74, 6) is 0.493. The monoisotopic (exact) mass is 314 g/mol. The van der Waals surface area contributed by atoms with Crippen LogP contribution in [0.25, 0.3) is 0 Å². The first-order chi connectivity index (χ1) is 11.1. The van der Waals surface area contributed by atoms with Crippen LogP contribution in [0.3, 0.4) is 0 Å². The van der Waals surface area contributed by atoms with E-state index < -0.39 is 0 Å². The Balaban J connectivity index is 1.78. The van der Waals surface area contributed by atoms with Gasteiger partial charge in [-0.1, -0.05) is 0 Å². The van der Waals surface area contributed by atoms with E-state index in [0.29, 0.717) is 28.7 Å². The fraction of sp³-hybridized carbons (Fsp3) is 0.312. The van der Waals surface area contributed by atoms with Gasteiger partial charge in [0.1, 0.15) is 5.75 Å². The maximum Gasteiger partial charge on any atom is 0.276 e. The number of hydrogen-bond acceptors (Lipinski definition) is 4. The molecule has 7 nitrogen and oxygen atoms in total. The van der Waals surface area contributed by atoms with Crippen molar-refractivity contribution in [3.63, 3.8) is 0 Å². The average Bonchev–Trinajstić information content (AvgIpc) is 3.24. The van der Waals surface area contributed by atoms with E-state index in [1.165, 1.54) is 14.0 Å². The zero-order chi connectivity index (χ0) is 16.4. The molecule has 1 heterocycles. The van der Waals surface area contributed by atoms with Crippen molar-refractivity contribution < 1.29 is 14.3 Å². The summed E-state index contributed by atoms with van der Waals surface area (Å²) in [7, 11) is 1.52. The van der Waals surface area contributed by atoms with E-state index in [9.17, 15) is 9.59 Å². The van der Waals surface area contributed by atoms with E-state index >= 15 is 0 Å². The fourth-order valence-corrected chi connectivity index (χ4v) is 2.33. The number of H-pyrrole nitrogens is 1. The number of nitrogens with zero attached hydrogens (tertiary/aromatic N) is 1. The number of hydrogen-bond donors (Lipinski definition) is 3. The van der Waals surface area contributed by atoms with Crippen molar-refractivity contribution >= 4 is 23.2 Å². The van der Waals surface area contributed by atoms with Gasteiger partial charge in [-0.25, -0.2) is 0 Å². The molecule has 3 N–H and O–H groups in total. The highest BCUT2D eigenvalue weighted by Crippen LogP contribution is 2.39. The molecule has 2 amide bonds. The lowest BCUT2D eigenvalue weighted by atomic mass is 10.2. The van der Waals surface area contributed by atoms with E-state index in [-0.39, 0.29) is 11.8 Å². The Hall–Kier alpha value is -2.83. The van der Waals surface area contributed by atoms with Gasteiger partial charge >= 0.3 is 0 Å². The number of nitrogens with one attached hydrogen (secondary N) is 3. The van der Waals surface area contributed by atoms with Gasteiger partial charge in [0.15, 0.2) is 5.69 Å². The van der Waals surface area contributed by atoms with Gasteiger partial charge < -0.3 is 15.4 Å². The van der Waals surface area contributed by atoms with Crippen LogP contribution >= 0.6 is 0 Å². The second-order valence-electron chi connectivity index (χ2n) is 5.53. The first-order valence-corrected chi connectivity index (χ1v) is 7.39. The summed E-state index contributed by atoms with van der Waals surface area (Å²) in [4.78, 5) is 23.5. The highest BCUT2D eigenvalue weighted by molar-refractivity contribution is 6.04. The summed E-state index contributed by atoms with van der Waals surface area (Å²) >= 11 is 0. The molecule has 0 atom stereocenters. The molecule has 0 aliphatic heterocycles. The smallest absolute Gasteiger partial charge is 0.276 e. The summed E-state index contributed by atoms with van der Waals surface area (Å²) in [6.45, 7) is 1.42. The second-order valence-corrected chi connectivity index (χ2v) is 5.53. The number of methoxy groups -OCH3 is 1. The highest BCUT2D eigenvalue weighted by atomic mass is 16.5. The van der Waals surface area contributed by atoms with E-state index in [4.69, 9.17) is 4.74 Å². The minimum atomic E-state index is -0.327. The van der Waals surface area contributed by atoms with E-state index in [1.807, 2.05) is 0 Å². The molecular formula is C16H18N4O3. The lowest BCUT2D eigenvalue weighted by Gasteiger charge is -2.11. The van der Waals surface area contributed by atoms with E-state index in [2.05, 4.69) is 20.8 Å². The van der Waals surface area contributed by atoms with Crippen LogP contribution < -0.4 is 15.4 Å². The number of amides is 2. The van der Waals surface area contributed by atoms with Gasteiger partial charge in [-0.2, -0.15) is 5.10 Å². The molecule has 120 valence electrons. The largest absolute Gasteiger partial charge is 0.495 e. The molecule has 1 aromatic heterocycles. The summed E-state index contributed by atoms with van der Waals surface area (Å²) in [5, 5.41) is 12.4. The first kappa shape index (κ1) is 15.1. The third-order valence-electron chi connectivity index (χ3n) is 3.62. The highest BCUT2D eigenvalue weighted by Gasteiger charge is 2.26. The van der Waals surface area contributed by atoms with Crippen LogP contribution in [0.2, 0.25) is 0 Å². The van der Waals surface area contributed by atoms with Crippen molar-refractivity contribution in [3.05, 3.63) is 35.7 Å². The van der Waals surface area contributed by atoms with Gasteiger partial charge in [-0.15, -0.1) is 0 Å². The van der Waals surface area contributed by atoms with Gasteiger partial charge in [0.05, 0.1) is 12.8 Å². The van der Waals surface area contributed by atoms with Crippen LogP contribution in [0.1, 0.15) is 41.9 Å². The van der Waals surface area contributed by atoms with Gasteiger partial charge in [-0.05, 0) is 37.1 Å². The molecule has 0 saturated heterocycles. The van der Waals surface area contributed by atoms with Crippen LogP contribution in [0.15, 0.2) is 24.3 Å². The number of aromatic nitrogens is 2. The molecule has 0 radical (unpaired) electrons. The molecule has 0 unspecified atom stereocenters. The molecular weight excluding hydrogens is 296 g/mol. The number of carbonyl (C=O) groups excluding carboxylic acids is 2. The van der Waals surface area contributed by atoms with Crippen molar-refractivity contribution in [1.82, 2.24) is 10.2 Å². The zero-order valence-corrected chi connectivity index (χ0v) is 13.0. The normalized spacial score (nSPS) is 13.5. The van der Waals surface area contributed by atoms with Gasteiger partial charge in [-0.3, -0.25) is 14.7 Å². The molecule has 1 aliphatic carbocycles. The second kappa shape index (κ2) is 6.12. The van der Waals surface area contributed by atoms with Crippen molar-refractivity contribution in [2.45, 2.75) is 25.7 Å².